The van der Waals surface area contributed by atoms with Crippen molar-refractivity contribution >= 4 is 29.0 Å². The summed E-state index contributed by atoms with van der Waals surface area (Å²) in [5, 5.41) is 10.9. The Morgan fingerprint density at radius 3 is 2.35 bits per heavy atom. The van der Waals surface area contributed by atoms with E-state index in [4.69, 9.17) is 14.2 Å². The fraction of sp³-hybridized carbons (Fsp3) is 0.217. The number of fused-ring (bicyclic) bond motifs is 1. The van der Waals surface area contributed by atoms with E-state index in [-0.39, 0.29) is 17.1 Å². The van der Waals surface area contributed by atoms with E-state index in [1.54, 1.807) is 73.3 Å². The van der Waals surface area contributed by atoms with Gasteiger partial charge in [-0.15, -0.1) is 10.2 Å². The molecule has 11 heteroatoms. The van der Waals surface area contributed by atoms with Crippen molar-refractivity contribution in [2.24, 2.45) is 0 Å². The van der Waals surface area contributed by atoms with Gasteiger partial charge in [-0.1, -0.05) is 17.8 Å². The molecule has 1 N–H and O–H groups in total. The monoisotopic (exact) mass is 481 g/mol. The first kappa shape index (κ1) is 23.2. The molecule has 0 spiro atoms. The molecule has 34 heavy (non-hydrogen) atoms. The maximum Gasteiger partial charge on any atom is 0.300 e. The number of nitrogens with one attached hydrogen (secondary N) is 1. The predicted molar refractivity (Wildman–Crippen MR) is 129 cm³/mol. The number of hydrogen-bond acceptors (Lipinski definition) is 8. The first-order chi connectivity index (χ1) is 16.4. The average Bonchev–Trinajstić information content (AvgIpc) is 3.27. The summed E-state index contributed by atoms with van der Waals surface area (Å²) in [6.07, 6.45) is 3.32. The van der Waals surface area contributed by atoms with E-state index in [1.807, 2.05) is 0 Å². The molecular weight excluding hydrogens is 458 g/mol. The first-order valence-electron chi connectivity index (χ1n) is 10.2. The topological polar surface area (TPSA) is 109 Å². The van der Waals surface area contributed by atoms with E-state index in [0.717, 1.165) is 0 Å². The molecule has 0 radical (unpaired) electrons. The molecule has 10 nitrogen and oxygen atoms in total. The quantitative estimate of drug-likeness (QED) is 0.383. The maximum atomic E-state index is 13.0. The number of carbonyl (C=O) groups excluding carboxylic acids is 1. The highest BCUT2D eigenvalue weighted by Gasteiger charge is 2.20. The van der Waals surface area contributed by atoms with Crippen LogP contribution >= 0.6 is 11.8 Å². The zero-order chi connectivity index (χ0) is 24.2. The maximum absolute atomic E-state index is 13.0. The van der Waals surface area contributed by atoms with Gasteiger partial charge in [-0.05, 0) is 19.1 Å². The fourth-order valence-corrected chi connectivity index (χ4v) is 4.08. The van der Waals surface area contributed by atoms with E-state index >= 15 is 0 Å². The molecule has 0 saturated carbocycles. The van der Waals surface area contributed by atoms with Crippen LogP contribution in [-0.4, -0.2) is 51.7 Å². The second-order valence-corrected chi connectivity index (χ2v) is 8.51. The summed E-state index contributed by atoms with van der Waals surface area (Å²) in [4.78, 5) is 25.8. The molecule has 0 aliphatic heterocycles. The third kappa shape index (κ3) is 4.69. The molecule has 0 unspecified atom stereocenters. The zero-order valence-corrected chi connectivity index (χ0v) is 19.8. The average molecular weight is 482 g/mol. The van der Waals surface area contributed by atoms with E-state index < -0.39 is 5.25 Å². The summed E-state index contributed by atoms with van der Waals surface area (Å²) in [5.41, 5.74) is 1.00. The highest BCUT2D eigenvalue weighted by Crippen LogP contribution is 2.27. The Bertz CT molecular complexity index is 1380. The number of thioether (sulfide) groups is 1. The first-order valence-corrected chi connectivity index (χ1v) is 11.1. The number of hydrogen-bond donors (Lipinski definition) is 1. The Morgan fingerprint density at radius 2 is 1.68 bits per heavy atom. The smallest absolute Gasteiger partial charge is 0.300 e. The van der Waals surface area contributed by atoms with Gasteiger partial charge < -0.3 is 19.5 Å². The van der Waals surface area contributed by atoms with Crippen molar-refractivity contribution < 1.29 is 19.0 Å². The number of anilines is 1. The van der Waals surface area contributed by atoms with E-state index in [9.17, 15) is 9.59 Å². The molecule has 2 aromatic carbocycles. The van der Waals surface area contributed by atoms with Crippen molar-refractivity contribution in [3.05, 3.63) is 65.2 Å². The van der Waals surface area contributed by atoms with Crippen molar-refractivity contribution in [2.75, 3.05) is 26.6 Å². The minimum absolute atomic E-state index is 0.151. The summed E-state index contributed by atoms with van der Waals surface area (Å²) >= 11 is 1.19. The highest BCUT2D eigenvalue weighted by atomic mass is 32.2. The van der Waals surface area contributed by atoms with Crippen LogP contribution in [0.4, 0.5) is 5.69 Å². The largest absolute Gasteiger partial charge is 0.497 e. The Hall–Kier alpha value is -3.99. The molecule has 0 bridgehead atoms. The predicted octanol–water partition coefficient (Wildman–Crippen LogP) is 3.03. The second kappa shape index (κ2) is 9.87. The number of methoxy groups -OCH3 is 3. The Kier molecular flexibility index (Phi) is 6.73. The van der Waals surface area contributed by atoms with Gasteiger partial charge in [-0.2, -0.15) is 0 Å². The molecule has 0 fully saturated rings. The minimum atomic E-state index is -0.523. The normalized spacial score (nSPS) is 11.8. The molecule has 0 saturated heterocycles. The summed E-state index contributed by atoms with van der Waals surface area (Å²) in [6, 6.07) is 12.3. The van der Waals surface area contributed by atoms with Crippen molar-refractivity contribution in [3.63, 3.8) is 0 Å². The number of ether oxygens (including phenoxy) is 3. The molecule has 0 aliphatic carbocycles. The molecule has 4 rings (SSSR count). The molecule has 2 heterocycles. The Morgan fingerprint density at radius 1 is 0.971 bits per heavy atom. The fourth-order valence-electron chi connectivity index (χ4n) is 3.25. The van der Waals surface area contributed by atoms with Crippen molar-refractivity contribution in [2.45, 2.75) is 17.3 Å². The Labute approximate surface area is 199 Å². The number of nitrogens with zero attached hydrogens (tertiary/aromatic N) is 4. The zero-order valence-electron chi connectivity index (χ0n) is 19.0. The summed E-state index contributed by atoms with van der Waals surface area (Å²) in [7, 11) is 4.64. The van der Waals surface area contributed by atoms with Crippen LogP contribution in [0.25, 0.3) is 11.3 Å². The number of amides is 1. The van der Waals surface area contributed by atoms with E-state index in [1.165, 1.54) is 30.5 Å². The number of aromatic nitrogens is 4. The van der Waals surface area contributed by atoms with Crippen molar-refractivity contribution in [1.29, 1.82) is 0 Å². The van der Waals surface area contributed by atoms with Crippen LogP contribution < -0.4 is 25.1 Å². The van der Waals surface area contributed by atoms with Crippen LogP contribution in [0.5, 0.6) is 17.2 Å². The number of rotatable bonds is 8. The molecule has 0 aliphatic rings. The molecular formula is C23H23N5O5S. The molecule has 4 aromatic rings. The number of carbonyl (C=O) groups is 1. The molecule has 1 atom stereocenters. The lowest BCUT2D eigenvalue weighted by Gasteiger charge is -2.13. The van der Waals surface area contributed by atoms with Gasteiger partial charge in [-0.25, -0.2) is 0 Å². The molecule has 176 valence electrons. The summed E-state index contributed by atoms with van der Waals surface area (Å²) in [6.45, 7) is 1.75. The van der Waals surface area contributed by atoms with Crippen LogP contribution in [0.1, 0.15) is 6.92 Å². The van der Waals surface area contributed by atoms with Gasteiger partial charge in [0.2, 0.25) is 11.6 Å². The highest BCUT2D eigenvalue weighted by molar-refractivity contribution is 8.00. The van der Waals surface area contributed by atoms with E-state index in [0.29, 0.717) is 33.8 Å². The second-order valence-electron chi connectivity index (χ2n) is 7.20. The lowest BCUT2D eigenvalue weighted by atomic mass is 10.2. The van der Waals surface area contributed by atoms with Crippen LogP contribution in [-0.2, 0) is 4.79 Å². The van der Waals surface area contributed by atoms with Crippen LogP contribution in [0.3, 0.4) is 0 Å². The van der Waals surface area contributed by atoms with E-state index in [2.05, 4.69) is 15.5 Å². The number of benzene rings is 2. The summed E-state index contributed by atoms with van der Waals surface area (Å²) in [5.74, 6) is 1.51. The van der Waals surface area contributed by atoms with Gasteiger partial charge in [0.15, 0.2) is 5.16 Å². The van der Waals surface area contributed by atoms with Crippen LogP contribution in [0, 0.1) is 0 Å². The molecule has 2 aromatic heterocycles. The van der Waals surface area contributed by atoms with Crippen LogP contribution in [0.15, 0.2) is 64.8 Å². The lowest BCUT2D eigenvalue weighted by molar-refractivity contribution is -0.115. The van der Waals surface area contributed by atoms with Gasteiger partial charge in [-0.3, -0.25) is 18.6 Å². The van der Waals surface area contributed by atoms with Gasteiger partial charge in [0.05, 0.1) is 32.3 Å². The molecule has 1 amide bonds. The summed E-state index contributed by atoms with van der Waals surface area (Å²) < 4.78 is 18.8. The van der Waals surface area contributed by atoms with Gasteiger partial charge in [0.25, 0.3) is 0 Å². The third-order valence-electron chi connectivity index (χ3n) is 5.04. The van der Waals surface area contributed by atoms with Gasteiger partial charge >= 0.3 is 5.56 Å². The minimum Gasteiger partial charge on any atom is -0.497 e. The van der Waals surface area contributed by atoms with Crippen molar-refractivity contribution in [1.82, 2.24) is 19.2 Å². The SMILES string of the molecule is COc1cc(NC(=O)[C@@H](C)Sc2nnc3c(=O)n(-c4cccc(OC)c4)ccn23)cc(OC)c1. The van der Waals surface area contributed by atoms with Crippen molar-refractivity contribution in [3.8, 4) is 22.9 Å². The lowest BCUT2D eigenvalue weighted by Crippen LogP contribution is -2.23. The Balaban J connectivity index is 1.55. The van der Waals surface area contributed by atoms with Gasteiger partial charge in [0.1, 0.15) is 17.2 Å². The standard InChI is InChI=1S/C23H23N5O5S/c1-14(21(29)24-15-10-18(32-3)13-19(11-15)33-4)34-23-26-25-20-22(30)27(8-9-28(20)23)16-6-5-7-17(12-16)31-2/h5-14H,1-4H3,(H,24,29)/t14-/m1/s1. The van der Waals surface area contributed by atoms with Gasteiger partial charge in [0, 0.05) is 42.3 Å². The van der Waals surface area contributed by atoms with Crippen LogP contribution in [0.2, 0.25) is 0 Å². The third-order valence-corrected chi connectivity index (χ3v) is 6.10.